The average Bonchev–Trinajstić information content (AvgIpc) is 3.14. The maximum absolute atomic E-state index is 12.3. The largest absolute Gasteiger partial charge is 0.477 e. The van der Waals surface area contributed by atoms with Crippen LogP contribution in [-0.2, 0) is 0 Å². The molecule has 0 aliphatic carbocycles. The lowest BCUT2D eigenvalue weighted by Crippen LogP contribution is -2.41. The zero-order chi connectivity index (χ0) is 16.1. The van der Waals surface area contributed by atoms with Crippen LogP contribution in [0, 0.1) is 17.2 Å². The Labute approximate surface area is 138 Å². The first kappa shape index (κ1) is 15.4. The van der Waals surface area contributed by atoms with E-state index in [1.165, 1.54) is 11.3 Å². The highest BCUT2D eigenvalue weighted by Crippen LogP contribution is 2.20. The standard InChI is InChI=1S/C16H16N4O2S/c17-7-12-3-4-18-15(6-12)22-9-13-2-1-5-20(8-13)16(21)14-10-23-11-19-14/h3-4,6,10-11,13H,1-2,5,8-9H2. The number of pyridine rings is 1. The van der Waals surface area contributed by atoms with Gasteiger partial charge in [0.25, 0.3) is 5.91 Å². The third kappa shape index (κ3) is 3.85. The third-order valence-corrected chi connectivity index (χ3v) is 4.37. The summed E-state index contributed by atoms with van der Waals surface area (Å²) < 4.78 is 5.69. The van der Waals surface area contributed by atoms with E-state index < -0.39 is 0 Å². The Morgan fingerprint density at radius 2 is 2.43 bits per heavy atom. The number of amides is 1. The highest BCUT2D eigenvalue weighted by Gasteiger charge is 2.25. The highest BCUT2D eigenvalue weighted by molar-refractivity contribution is 7.07. The van der Waals surface area contributed by atoms with Gasteiger partial charge in [0.15, 0.2) is 0 Å². The van der Waals surface area contributed by atoms with Crippen molar-refractivity contribution in [1.82, 2.24) is 14.9 Å². The summed E-state index contributed by atoms with van der Waals surface area (Å²) in [6.45, 7) is 1.91. The third-order valence-electron chi connectivity index (χ3n) is 3.79. The number of piperidine rings is 1. The monoisotopic (exact) mass is 328 g/mol. The van der Waals surface area contributed by atoms with Gasteiger partial charge in [0.2, 0.25) is 5.88 Å². The molecule has 1 amide bonds. The molecule has 0 radical (unpaired) electrons. The predicted octanol–water partition coefficient (Wildman–Crippen LogP) is 2.34. The van der Waals surface area contributed by atoms with Crippen molar-refractivity contribution >= 4 is 17.2 Å². The summed E-state index contributed by atoms with van der Waals surface area (Å²) in [7, 11) is 0. The minimum absolute atomic E-state index is 0.0134. The number of carbonyl (C=O) groups is 1. The zero-order valence-corrected chi connectivity index (χ0v) is 13.3. The van der Waals surface area contributed by atoms with Crippen LogP contribution in [0.5, 0.6) is 5.88 Å². The lowest BCUT2D eigenvalue weighted by atomic mass is 9.99. The van der Waals surface area contributed by atoms with Gasteiger partial charge in [-0.1, -0.05) is 0 Å². The van der Waals surface area contributed by atoms with E-state index in [0.29, 0.717) is 30.3 Å². The van der Waals surface area contributed by atoms with Crippen LogP contribution in [0.25, 0.3) is 0 Å². The molecule has 2 aromatic heterocycles. The van der Waals surface area contributed by atoms with Crippen molar-refractivity contribution in [2.45, 2.75) is 12.8 Å². The van der Waals surface area contributed by atoms with Crippen molar-refractivity contribution < 1.29 is 9.53 Å². The van der Waals surface area contributed by atoms with Gasteiger partial charge in [0.1, 0.15) is 5.69 Å². The molecule has 3 rings (SSSR count). The molecule has 7 heteroatoms. The minimum atomic E-state index is -0.0134. The summed E-state index contributed by atoms with van der Waals surface area (Å²) in [4.78, 5) is 22.4. The number of nitriles is 1. The lowest BCUT2D eigenvalue weighted by molar-refractivity contribution is 0.0626. The maximum atomic E-state index is 12.3. The molecule has 1 fully saturated rings. The molecule has 1 unspecified atom stereocenters. The molecule has 0 bridgehead atoms. The predicted molar refractivity (Wildman–Crippen MR) is 85.2 cm³/mol. The number of hydrogen-bond donors (Lipinski definition) is 0. The second-order valence-corrected chi connectivity index (χ2v) is 6.16. The number of ether oxygens (including phenoxy) is 1. The van der Waals surface area contributed by atoms with Crippen LogP contribution in [-0.4, -0.2) is 40.5 Å². The summed E-state index contributed by atoms with van der Waals surface area (Å²) in [5.74, 6) is 0.700. The Bertz CT molecular complexity index is 711. The maximum Gasteiger partial charge on any atom is 0.273 e. The van der Waals surface area contributed by atoms with Crippen LogP contribution in [0.4, 0.5) is 0 Å². The topological polar surface area (TPSA) is 79.1 Å². The molecule has 1 aliphatic rings. The number of hydrogen-bond acceptors (Lipinski definition) is 6. The Kier molecular flexibility index (Phi) is 4.83. The van der Waals surface area contributed by atoms with Crippen LogP contribution in [0.15, 0.2) is 29.2 Å². The van der Waals surface area contributed by atoms with E-state index in [2.05, 4.69) is 16.0 Å². The van der Waals surface area contributed by atoms with E-state index in [-0.39, 0.29) is 11.8 Å². The first-order valence-electron chi connectivity index (χ1n) is 7.42. The molecular formula is C16H16N4O2S. The molecule has 0 spiro atoms. The van der Waals surface area contributed by atoms with Crippen molar-refractivity contribution in [3.63, 3.8) is 0 Å². The van der Waals surface area contributed by atoms with Crippen LogP contribution in [0.3, 0.4) is 0 Å². The molecule has 2 aromatic rings. The van der Waals surface area contributed by atoms with Crippen molar-refractivity contribution in [3.8, 4) is 11.9 Å². The van der Waals surface area contributed by atoms with E-state index in [1.54, 1.807) is 29.2 Å². The minimum Gasteiger partial charge on any atom is -0.477 e. The van der Waals surface area contributed by atoms with E-state index in [9.17, 15) is 4.79 Å². The molecule has 0 N–H and O–H groups in total. The van der Waals surface area contributed by atoms with Gasteiger partial charge in [0.05, 0.1) is 23.8 Å². The summed E-state index contributed by atoms with van der Waals surface area (Å²) >= 11 is 1.43. The molecule has 0 aromatic carbocycles. The molecule has 6 nitrogen and oxygen atoms in total. The van der Waals surface area contributed by atoms with Crippen molar-refractivity contribution in [3.05, 3.63) is 40.5 Å². The number of nitrogens with zero attached hydrogens (tertiary/aromatic N) is 4. The van der Waals surface area contributed by atoms with Crippen molar-refractivity contribution in [2.24, 2.45) is 5.92 Å². The van der Waals surface area contributed by atoms with E-state index in [1.807, 2.05) is 4.90 Å². The van der Waals surface area contributed by atoms with Gasteiger partial charge in [-0.2, -0.15) is 5.26 Å². The normalized spacial score (nSPS) is 17.5. The van der Waals surface area contributed by atoms with Gasteiger partial charge in [-0.3, -0.25) is 4.79 Å². The number of aromatic nitrogens is 2. The molecule has 0 saturated carbocycles. The smallest absolute Gasteiger partial charge is 0.273 e. The molecule has 118 valence electrons. The summed E-state index contributed by atoms with van der Waals surface area (Å²) in [5.41, 5.74) is 2.71. The zero-order valence-electron chi connectivity index (χ0n) is 12.5. The average molecular weight is 328 g/mol. The van der Waals surface area contributed by atoms with Gasteiger partial charge >= 0.3 is 0 Å². The van der Waals surface area contributed by atoms with Crippen LogP contribution < -0.4 is 4.74 Å². The molecule has 1 saturated heterocycles. The summed E-state index contributed by atoms with van der Waals surface area (Å²) in [5, 5.41) is 10.7. The number of carbonyl (C=O) groups excluding carboxylic acids is 1. The fourth-order valence-electron chi connectivity index (χ4n) is 2.63. The Balaban J connectivity index is 1.56. The summed E-state index contributed by atoms with van der Waals surface area (Å²) in [6, 6.07) is 5.33. The molecule has 3 heterocycles. The van der Waals surface area contributed by atoms with Gasteiger partial charge in [0, 0.05) is 36.7 Å². The summed E-state index contributed by atoms with van der Waals surface area (Å²) in [6.07, 6.45) is 3.53. The van der Waals surface area contributed by atoms with Crippen LogP contribution >= 0.6 is 11.3 Å². The van der Waals surface area contributed by atoms with Crippen molar-refractivity contribution in [2.75, 3.05) is 19.7 Å². The van der Waals surface area contributed by atoms with Gasteiger partial charge in [-0.15, -0.1) is 11.3 Å². The quantitative estimate of drug-likeness (QED) is 0.860. The van der Waals surface area contributed by atoms with Crippen LogP contribution in [0.1, 0.15) is 28.9 Å². The van der Waals surface area contributed by atoms with E-state index >= 15 is 0 Å². The second-order valence-electron chi connectivity index (χ2n) is 5.44. The lowest BCUT2D eigenvalue weighted by Gasteiger charge is -2.32. The number of rotatable bonds is 4. The fraction of sp³-hybridized carbons (Fsp3) is 0.375. The highest BCUT2D eigenvalue weighted by atomic mass is 32.1. The Morgan fingerprint density at radius 1 is 1.52 bits per heavy atom. The molecular weight excluding hydrogens is 312 g/mol. The van der Waals surface area contributed by atoms with Gasteiger partial charge in [-0.25, -0.2) is 9.97 Å². The van der Waals surface area contributed by atoms with E-state index in [4.69, 9.17) is 10.00 Å². The number of thiazole rings is 1. The first-order chi connectivity index (χ1) is 11.3. The fourth-order valence-corrected chi connectivity index (χ4v) is 3.15. The van der Waals surface area contributed by atoms with Gasteiger partial charge < -0.3 is 9.64 Å². The number of likely N-dealkylation sites (tertiary alicyclic amines) is 1. The second kappa shape index (κ2) is 7.20. The van der Waals surface area contributed by atoms with Gasteiger partial charge in [-0.05, 0) is 18.9 Å². The molecule has 1 aliphatic heterocycles. The SMILES string of the molecule is N#Cc1ccnc(OCC2CCCN(C(=O)c3cscn3)C2)c1. The van der Waals surface area contributed by atoms with Crippen molar-refractivity contribution in [1.29, 1.82) is 5.26 Å². The Hall–Kier alpha value is -2.46. The Morgan fingerprint density at radius 3 is 3.22 bits per heavy atom. The molecule has 1 atom stereocenters. The molecule has 23 heavy (non-hydrogen) atoms. The van der Waals surface area contributed by atoms with E-state index in [0.717, 1.165) is 19.4 Å². The van der Waals surface area contributed by atoms with Crippen LogP contribution in [0.2, 0.25) is 0 Å². The first-order valence-corrected chi connectivity index (χ1v) is 8.37.